The third-order valence-corrected chi connectivity index (χ3v) is 7.46. The zero-order chi connectivity index (χ0) is 27.4. The number of benzene rings is 2. The van der Waals surface area contributed by atoms with Gasteiger partial charge in [0.05, 0.1) is 12.1 Å². The average Bonchev–Trinajstić information content (AvgIpc) is 3.27. The summed E-state index contributed by atoms with van der Waals surface area (Å²) < 4.78 is 56.6. The lowest BCUT2D eigenvalue weighted by Gasteiger charge is -2.41. The second kappa shape index (κ2) is 9.76. The third kappa shape index (κ3) is 4.68. The fourth-order valence-electron chi connectivity index (χ4n) is 4.50. The van der Waals surface area contributed by atoms with Gasteiger partial charge in [-0.15, -0.1) is 11.3 Å². The summed E-state index contributed by atoms with van der Waals surface area (Å²) in [7, 11) is 0. The van der Waals surface area contributed by atoms with Gasteiger partial charge in [-0.3, -0.25) is 14.6 Å². The molecule has 12 heteroatoms. The van der Waals surface area contributed by atoms with Crippen molar-refractivity contribution in [1.82, 2.24) is 14.8 Å². The molecule has 2 aromatic carbocycles. The van der Waals surface area contributed by atoms with E-state index >= 15 is 0 Å². The molecule has 196 valence electrons. The average molecular weight is 582 g/mol. The molecule has 0 aliphatic carbocycles. The summed E-state index contributed by atoms with van der Waals surface area (Å²) in [6, 6.07) is 6.35. The Balaban J connectivity index is 1.66. The number of amides is 1. The number of fused-ring (bicyclic) bond motifs is 1. The number of carbonyl (C=O) groups is 1. The van der Waals surface area contributed by atoms with Gasteiger partial charge in [-0.25, -0.2) is 9.37 Å². The lowest BCUT2D eigenvalue weighted by molar-refractivity contribution is -0.137. The molecule has 1 amide bonds. The first-order valence-electron chi connectivity index (χ1n) is 11.1. The highest BCUT2D eigenvalue weighted by Gasteiger charge is 2.39. The number of hydrogen-bond donors (Lipinski definition) is 1. The van der Waals surface area contributed by atoms with Crippen molar-refractivity contribution >= 4 is 46.0 Å². The fourth-order valence-corrected chi connectivity index (χ4v) is 5.64. The molecule has 5 nitrogen and oxygen atoms in total. The predicted octanol–water partition coefficient (Wildman–Crippen LogP) is 7.65. The highest BCUT2D eigenvalue weighted by Crippen LogP contribution is 2.42. The van der Waals surface area contributed by atoms with Crippen LogP contribution in [0.4, 0.5) is 17.6 Å². The van der Waals surface area contributed by atoms with Crippen LogP contribution in [0.1, 0.15) is 22.9 Å². The van der Waals surface area contributed by atoms with Crippen LogP contribution < -0.4 is 0 Å². The van der Waals surface area contributed by atoms with Crippen molar-refractivity contribution < 1.29 is 27.5 Å². The molecule has 2 aliphatic rings. The summed E-state index contributed by atoms with van der Waals surface area (Å²) in [5.74, 6) is -1.49. The van der Waals surface area contributed by atoms with E-state index in [1.54, 1.807) is 13.0 Å². The number of halogens is 6. The molecule has 5 rings (SSSR count). The quantitative estimate of drug-likeness (QED) is 0.321. The van der Waals surface area contributed by atoms with Crippen molar-refractivity contribution in [3.8, 4) is 11.1 Å². The van der Waals surface area contributed by atoms with E-state index in [2.05, 4.69) is 4.98 Å². The number of thiazole rings is 1. The number of alkyl halides is 3. The number of carbonyl (C=O) groups excluding carboxylic acids is 1. The zero-order valence-corrected chi connectivity index (χ0v) is 21.8. The van der Waals surface area contributed by atoms with Crippen LogP contribution in [0.25, 0.3) is 16.7 Å². The van der Waals surface area contributed by atoms with Gasteiger partial charge < -0.3 is 5.11 Å². The van der Waals surface area contributed by atoms with E-state index in [4.69, 9.17) is 23.2 Å². The molecule has 3 heterocycles. The van der Waals surface area contributed by atoms with Gasteiger partial charge in [0.15, 0.2) is 4.47 Å². The Hall–Kier alpha value is -3.34. The van der Waals surface area contributed by atoms with E-state index in [-0.39, 0.29) is 29.2 Å². The van der Waals surface area contributed by atoms with Gasteiger partial charge >= 0.3 is 6.18 Å². The van der Waals surface area contributed by atoms with Crippen molar-refractivity contribution in [1.29, 1.82) is 0 Å². The SMILES string of the molecule is CC1=C2N(Cc3cnc(Cl)s3)C(=O)C(c3ccc(F)c(-c4ccc(Cl)cc4C(F)(F)F)c3)=C(O)N2CC=C1. The molecule has 1 N–H and O–H groups in total. The summed E-state index contributed by atoms with van der Waals surface area (Å²) in [6.45, 7) is 2.10. The van der Waals surface area contributed by atoms with E-state index in [1.807, 2.05) is 6.08 Å². The van der Waals surface area contributed by atoms with Crippen LogP contribution in [0, 0.1) is 5.82 Å². The number of nitrogens with zero attached hydrogens (tertiary/aromatic N) is 3. The molecule has 0 atom stereocenters. The molecule has 0 spiro atoms. The Morgan fingerprint density at radius 3 is 2.58 bits per heavy atom. The number of aliphatic hydroxyl groups excluding tert-OH is 1. The maximum atomic E-state index is 15.0. The Labute approximate surface area is 228 Å². The first-order chi connectivity index (χ1) is 18.0. The molecular weight excluding hydrogens is 565 g/mol. The molecule has 2 aliphatic heterocycles. The van der Waals surface area contributed by atoms with Gasteiger partial charge in [-0.1, -0.05) is 47.5 Å². The van der Waals surface area contributed by atoms with Gasteiger partial charge in [-0.2, -0.15) is 13.2 Å². The summed E-state index contributed by atoms with van der Waals surface area (Å²) in [5.41, 5.74) is -1.39. The van der Waals surface area contributed by atoms with E-state index in [0.717, 1.165) is 18.2 Å². The molecule has 38 heavy (non-hydrogen) atoms. The van der Waals surface area contributed by atoms with Crippen LogP contribution in [0.2, 0.25) is 9.49 Å². The van der Waals surface area contributed by atoms with Gasteiger partial charge in [-0.05, 0) is 47.9 Å². The fraction of sp³-hybridized carbons (Fsp3) is 0.154. The Bertz CT molecular complexity index is 1560. The normalized spacial score (nSPS) is 16.0. The van der Waals surface area contributed by atoms with Crippen molar-refractivity contribution in [3.63, 3.8) is 0 Å². The van der Waals surface area contributed by atoms with Crippen LogP contribution in [0.5, 0.6) is 0 Å². The van der Waals surface area contributed by atoms with Crippen LogP contribution in [0.15, 0.2) is 72.0 Å². The predicted molar refractivity (Wildman–Crippen MR) is 138 cm³/mol. The molecule has 0 unspecified atom stereocenters. The van der Waals surface area contributed by atoms with E-state index in [9.17, 15) is 27.5 Å². The van der Waals surface area contributed by atoms with Crippen molar-refractivity contribution in [3.05, 3.63) is 103 Å². The highest BCUT2D eigenvalue weighted by atomic mass is 35.5. The summed E-state index contributed by atoms with van der Waals surface area (Å²) in [6.07, 6.45) is 0.337. The van der Waals surface area contributed by atoms with Gasteiger partial charge in [0.1, 0.15) is 17.2 Å². The maximum absolute atomic E-state index is 15.0. The van der Waals surface area contributed by atoms with E-state index in [1.165, 1.54) is 39.5 Å². The van der Waals surface area contributed by atoms with Crippen LogP contribution in [0.3, 0.4) is 0 Å². The van der Waals surface area contributed by atoms with Crippen molar-refractivity contribution in [2.75, 3.05) is 6.54 Å². The minimum absolute atomic E-state index is 0.0468. The summed E-state index contributed by atoms with van der Waals surface area (Å²) in [5, 5.41) is 11.1. The highest BCUT2D eigenvalue weighted by molar-refractivity contribution is 7.15. The first kappa shape index (κ1) is 26.3. The number of aliphatic hydroxyl groups is 1. The smallest absolute Gasteiger partial charge is 0.417 e. The van der Waals surface area contributed by atoms with Crippen LogP contribution in [-0.4, -0.2) is 32.3 Å². The summed E-state index contributed by atoms with van der Waals surface area (Å²) >= 11 is 12.9. The second-order valence-corrected chi connectivity index (χ2v) is 10.7. The first-order valence-corrected chi connectivity index (χ1v) is 12.7. The molecule has 0 fully saturated rings. The number of allylic oxidation sites excluding steroid dienone is 2. The lowest BCUT2D eigenvalue weighted by Crippen LogP contribution is -2.45. The molecule has 0 radical (unpaired) electrons. The molecular formula is C26H17Cl2F4N3O2S. The monoisotopic (exact) mass is 581 g/mol. The van der Waals surface area contributed by atoms with Crippen LogP contribution in [-0.2, 0) is 17.5 Å². The van der Waals surface area contributed by atoms with E-state index < -0.39 is 40.5 Å². The summed E-state index contributed by atoms with van der Waals surface area (Å²) in [4.78, 5) is 21.5. The largest absolute Gasteiger partial charge is 0.494 e. The molecule has 1 aromatic heterocycles. The molecule has 0 saturated heterocycles. The number of aromatic nitrogens is 1. The van der Waals surface area contributed by atoms with Gasteiger partial charge in [0.2, 0.25) is 5.88 Å². The van der Waals surface area contributed by atoms with Crippen LogP contribution >= 0.6 is 34.5 Å². The van der Waals surface area contributed by atoms with Gasteiger partial charge in [0.25, 0.3) is 5.91 Å². The third-order valence-electron chi connectivity index (χ3n) is 6.13. The Kier molecular flexibility index (Phi) is 6.75. The number of hydrogen-bond acceptors (Lipinski definition) is 5. The van der Waals surface area contributed by atoms with Crippen molar-refractivity contribution in [2.45, 2.75) is 19.6 Å². The Morgan fingerprint density at radius 1 is 1.13 bits per heavy atom. The van der Waals surface area contributed by atoms with Crippen molar-refractivity contribution in [2.24, 2.45) is 0 Å². The zero-order valence-electron chi connectivity index (χ0n) is 19.5. The minimum Gasteiger partial charge on any atom is -0.494 e. The second-order valence-electron chi connectivity index (χ2n) is 8.57. The molecule has 3 aromatic rings. The standard InChI is InChI=1S/C26H17Cl2F4N3O2S/c1-13-3-2-8-34-22(13)35(12-16-11-33-25(28)38-16)24(37)21(23(34)36)14-4-7-20(29)18(9-14)17-6-5-15(27)10-19(17)26(30,31)32/h2-7,9-11,36H,8,12H2,1H3. The Morgan fingerprint density at radius 2 is 1.89 bits per heavy atom. The maximum Gasteiger partial charge on any atom is 0.417 e. The molecule has 0 bridgehead atoms. The van der Waals surface area contributed by atoms with Gasteiger partial charge in [0, 0.05) is 28.2 Å². The van der Waals surface area contributed by atoms with E-state index in [0.29, 0.717) is 26.8 Å². The lowest BCUT2D eigenvalue weighted by atomic mass is 9.93. The minimum atomic E-state index is -4.81. The topological polar surface area (TPSA) is 56.7 Å². The number of rotatable bonds is 4. The molecule has 0 saturated carbocycles.